The number of aromatic carboxylic acids is 1. The van der Waals surface area contributed by atoms with Gasteiger partial charge in [0, 0.05) is 18.3 Å². The van der Waals surface area contributed by atoms with E-state index in [9.17, 15) is 9.90 Å². The average molecular weight is 274 g/mol. The number of benzene rings is 1. The van der Waals surface area contributed by atoms with E-state index < -0.39 is 5.97 Å². The van der Waals surface area contributed by atoms with Gasteiger partial charge in [-0.1, -0.05) is 6.92 Å². The van der Waals surface area contributed by atoms with Gasteiger partial charge in [-0.3, -0.25) is 4.68 Å². The molecule has 0 spiro atoms. The number of carboxylic acids is 1. The van der Waals surface area contributed by atoms with Gasteiger partial charge in [0.15, 0.2) is 0 Å². The van der Waals surface area contributed by atoms with Crippen LogP contribution < -0.4 is 4.74 Å². The van der Waals surface area contributed by atoms with Crippen LogP contribution in [0.4, 0.5) is 0 Å². The van der Waals surface area contributed by atoms with Crippen molar-refractivity contribution in [2.45, 2.75) is 26.8 Å². The summed E-state index contributed by atoms with van der Waals surface area (Å²) in [5, 5.41) is 13.5. The van der Waals surface area contributed by atoms with Crippen LogP contribution in [0, 0.1) is 0 Å². The summed E-state index contributed by atoms with van der Waals surface area (Å²) in [6.07, 6.45) is 2.50. The molecule has 1 aromatic carbocycles. The van der Waals surface area contributed by atoms with Crippen LogP contribution in [-0.4, -0.2) is 27.5 Å². The van der Waals surface area contributed by atoms with Crippen molar-refractivity contribution in [2.24, 2.45) is 0 Å². The molecule has 106 valence electrons. The van der Waals surface area contributed by atoms with Crippen molar-refractivity contribution in [2.75, 3.05) is 6.61 Å². The Hall–Kier alpha value is -2.30. The minimum atomic E-state index is -0.967. The summed E-state index contributed by atoms with van der Waals surface area (Å²) < 4.78 is 7.13. The molecule has 0 bridgehead atoms. The van der Waals surface area contributed by atoms with Gasteiger partial charge in [0.05, 0.1) is 6.61 Å². The van der Waals surface area contributed by atoms with Crippen LogP contribution in [0.15, 0.2) is 30.5 Å². The van der Waals surface area contributed by atoms with Crippen LogP contribution in [0.1, 0.15) is 30.6 Å². The molecule has 2 aromatic rings. The highest BCUT2D eigenvalue weighted by atomic mass is 16.5. The number of aromatic nitrogens is 2. The van der Waals surface area contributed by atoms with Crippen LogP contribution in [0.5, 0.6) is 5.75 Å². The van der Waals surface area contributed by atoms with E-state index in [0.29, 0.717) is 18.8 Å². The molecule has 1 N–H and O–H groups in total. The molecule has 1 heterocycles. The van der Waals surface area contributed by atoms with Crippen molar-refractivity contribution in [3.8, 4) is 17.0 Å². The van der Waals surface area contributed by atoms with Gasteiger partial charge >= 0.3 is 5.97 Å². The summed E-state index contributed by atoms with van der Waals surface area (Å²) in [6.45, 7) is 5.27. The summed E-state index contributed by atoms with van der Waals surface area (Å²) in [7, 11) is 0. The molecule has 5 heteroatoms. The maximum Gasteiger partial charge on any atom is 0.339 e. The summed E-state index contributed by atoms with van der Waals surface area (Å²) in [6, 6.07) is 7.34. The maximum atomic E-state index is 11.3. The lowest BCUT2D eigenvalue weighted by molar-refractivity contribution is 0.0697. The fraction of sp³-hybridized carbons (Fsp3) is 0.333. The zero-order valence-electron chi connectivity index (χ0n) is 11.7. The molecule has 0 atom stereocenters. The van der Waals surface area contributed by atoms with Crippen LogP contribution in [0.2, 0.25) is 0 Å². The van der Waals surface area contributed by atoms with E-state index >= 15 is 0 Å². The maximum absolute atomic E-state index is 11.3. The third-order valence-corrected chi connectivity index (χ3v) is 2.92. The van der Waals surface area contributed by atoms with Crippen molar-refractivity contribution in [3.63, 3.8) is 0 Å². The van der Waals surface area contributed by atoms with E-state index in [2.05, 4.69) is 5.10 Å². The molecule has 0 saturated carbocycles. The number of nitrogens with zero attached hydrogens (tertiary/aromatic N) is 2. The smallest absolute Gasteiger partial charge is 0.339 e. The van der Waals surface area contributed by atoms with Gasteiger partial charge in [-0.05, 0) is 37.6 Å². The molecule has 1 aromatic heterocycles. The zero-order valence-corrected chi connectivity index (χ0v) is 11.7. The van der Waals surface area contributed by atoms with E-state index in [4.69, 9.17) is 4.74 Å². The van der Waals surface area contributed by atoms with Gasteiger partial charge in [0.2, 0.25) is 0 Å². The summed E-state index contributed by atoms with van der Waals surface area (Å²) in [5.74, 6) is -0.187. The summed E-state index contributed by atoms with van der Waals surface area (Å²) in [4.78, 5) is 11.3. The summed E-state index contributed by atoms with van der Waals surface area (Å²) in [5.41, 5.74) is 1.48. The van der Waals surface area contributed by atoms with E-state index in [-0.39, 0.29) is 5.56 Å². The molecule has 0 aliphatic rings. The standard InChI is InChI=1S/C15H18N2O3/c1-3-9-20-12-7-5-11(6-8-12)14-13(15(18)19)10-17(4-2)16-14/h5-8,10H,3-4,9H2,1-2H3,(H,18,19). The van der Waals surface area contributed by atoms with Gasteiger partial charge in [0.25, 0.3) is 0 Å². The molecule has 0 unspecified atom stereocenters. The van der Waals surface area contributed by atoms with Crippen LogP contribution in [-0.2, 0) is 6.54 Å². The van der Waals surface area contributed by atoms with Crippen LogP contribution in [0.25, 0.3) is 11.3 Å². The number of carboxylic acid groups (broad SMARTS) is 1. The van der Waals surface area contributed by atoms with Crippen molar-refractivity contribution in [3.05, 3.63) is 36.0 Å². The Balaban J connectivity index is 2.31. The quantitative estimate of drug-likeness (QED) is 0.879. The molecule has 0 aliphatic heterocycles. The normalized spacial score (nSPS) is 10.5. The molecule has 0 radical (unpaired) electrons. The molecule has 20 heavy (non-hydrogen) atoms. The zero-order chi connectivity index (χ0) is 14.5. The Bertz CT molecular complexity index is 588. The summed E-state index contributed by atoms with van der Waals surface area (Å²) >= 11 is 0. The number of rotatable bonds is 6. The van der Waals surface area contributed by atoms with Gasteiger partial charge in [-0.15, -0.1) is 0 Å². The largest absolute Gasteiger partial charge is 0.494 e. The van der Waals surface area contributed by atoms with E-state index in [1.807, 2.05) is 38.1 Å². The highest BCUT2D eigenvalue weighted by Crippen LogP contribution is 2.24. The van der Waals surface area contributed by atoms with Gasteiger partial charge in [-0.2, -0.15) is 5.10 Å². The lowest BCUT2D eigenvalue weighted by atomic mass is 10.1. The Morgan fingerprint density at radius 1 is 1.30 bits per heavy atom. The Kier molecular flexibility index (Phi) is 4.40. The molecule has 2 rings (SSSR count). The molecule has 0 amide bonds. The third-order valence-electron chi connectivity index (χ3n) is 2.92. The van der Waals surface area contributed by atoms with Crippen molar-refractivity contribution in [1.29, 1.82) is 0 Å². The Labute approximate surface area is 117 Å². The van der Waals surface area contributed by atoms with Gasteiger partial charge in [0.1, 0.15) is 17.0 Å². The van der Waals surface area contributed by atoms with E-state index in [0.717, 1.165) is 17.7 Å². The molecule has 5 nitrogen and oxygen atoms in total. The van der Waals surface area contributed by atoms with E-state index in [1.165, 1.54) is 0 Å². The fourth-order valence-electron chi connectivity index (χ4n) is 1.88. The number of carbonyl (C=O) groups is 1. The SMILES string of the molecule is CCCOc1ccc(-c2nn(CC)cc2C(=O)O)cc1. The molecule has 0 fully saturated rings. The number of aryl methyl sites for hydroxylation is 1. The first-order valence-electron chi connectivity index (χ1n) is 6.69. The number of hydrogen-bond acceptors (Lipinski definition) is 3. The third kappa shape index (κ3) is 2.99. The Morgan fingerprint density at radius 2 is 2.00 bits per heavy atom. The van der Waals surface area contributed by atoms with Gasteiger partial charge in [-0.25, -0.2) is 4.79 Å². The Morgan fingerprint density at radius 3 is 2.55 bits per heavy atom. The van der Waals surface area contributed by atoms with E-state index in [1.54, 1.807) is 10.9 Å². The van der Waals surface area contributed by atoms with Gasteiger partial charge < -0.3 is 9.84 Å². The average Bonchev–Trinajstić information content (AvgIpc) is 2.90. The number of hydrogen-bond donors (Lipinski definition) is 1. The minimum absolute atomic E-state index is 0.217. The second kappa shape index (κ2) is 6.23. The lowest BCUT2D eigenvalue weighted by Crippen LogP contribution is -1.97. The first-order chi connectivity index (χ1) is 9.65. The minimum Gasteiger partial charge on any atom is -0.494 e. The highest BCUT2D eigenvalue weighted by molar-refractivity contribution is 5.94. The first-order valence-corrected chi connectivity index (χ1v) is 6.69. The lowest BCUT2D eigenvalue weighted by Gasteiger charge is -2.05. The van der Waals surface area contributed by atoms with Crippen molar-refractivity contribution in [1.82, 2.24) is 9.78 Å². The molecule has 0 aliphatic carbocycles. The highest BCUT2D eigenvalue weighted by Gasteiger charge is 2.16. The predicted octanol–water partition coefficient (Wildman–Crippen LogP) is 3.06. The topological polar surface area (TPSA) is 64.4 Å². The van der Waals surface area contributed by atoms with Crippen molar-refractivity contribution >= 4 is 5.97 Å². The monoisotopic (exact) mass is 274 g/mol. The molecule has 0 saturated heterocycles. The second-order valence-corrected chi connectivity index (χ2v) is 4.43. The second-order valence-electron chi connectivity index (χ2n) is 4.43. The molecular weight excluding hydrogens is 256 g/mol. The van der Waals surface area contributed by atoms with Crippen LogP contribution >= 0.6 is 0 Å². The van der Waals surface area contributed by atoms with Crippen LogP contribution in [0.3, 0.4) is 0 Å². The number of ether oxygens (including phenoxy) is 1. The predicted molar refractivity (Wildman–Crippen MR) is 76.1 cm³/mol. The fourth-order valence-corrected chi connectivity index (χ4v) is 1.88. The molecular formula is C15H18N2O3. The van der Waals surface area contributed by atoms with Crippen molar-refractivity contribution < 1.29 is 14.6 Å². The first kappa shape index (κ1) is 14.1.